The largest absolute Gasteiger partial charge is 0.513 e. The van der Waals surface area contributed by atoms with E-state index in [0.717, 1.165) is 28.3 Å². The molecular formula is C21H21N5O4S. The summed E-state index contributed by atoms with van der Waals surface area (Å²) in [7, 11) is 0. The number of carbonyl (C=O) groups is 1. The third-order valence-corrected chi connectivity index (χ3v) is 5.61. The van der Waals surface area contributed by atoms with Crippen molar-refractivity contribution >= 4 is 33.4 Å². The van der Waals surface area contributed by atoms with Gasteiger partial charge in [0, 0.05) is 16.5 Å². The average Bonchev–Trinajstić information content (AvgIpc) is 3.37. The standard InChI is InChI=1S/C21H21N5O4S/c1-4-28-21(27)30-16-8-23-19(22)17-14(10-31-18(16)17)9-29-15-7-13(6-5-11(15)2)20-24-12(3)25-26-20/h5-8,10H,4,9H2,1-3H3,(H2,22,23)(H,24,25,26). The minimum absolute atomic E-state index is 0.222. The molecule has 0 aliphatic rings. The van der Waals surface area contributed by atoms with Crippen LogP contribution in [0.2, 0.25) is 0 Å². The Hall–Kier alpha value is -3.66. The van der Waals surface area contributed by atoms with Crippen LogP contribution >= 0.6 is 11.3 Å². The summed E-state index contributed by atoms with van der Waals surface area (Å²) >= 11 is 1.40. The lowest BCUT2D eigenvalue weighted by atomic mass is 10.1. The van der Waals surface area contributed by atoms with Crippen LogP contribution in [0.15, 0.2) is 29.8 Å². The van der Waals surface area contributed by atoms with Gasteiger partial charge >= 0.3 is 6.16 Å². The van der Waals surface area contributed by atoms with Gasteiger partial charge in [0.2, 0.25) is 0 Å². The van der Waals surface area contributed by atoms with Gasteiger partial charge in [0.1, 0.15) is 24.0 Å². The Balaban J connectivity index is 1.59. The van der Waals surface area contributed by atoms with Crippen LogP contribution in [0.3, 0.4) is 0 Å². The molecule has 0 unspecified atom stereocenters. The number of fused-ring (bicyclic) bond motifs is 1. The van der Waals surface area contributed by atoms with Gasteiger partial charge in [-0.3, -0.25) is 0 Å². The number of H-pyrrole nitrogens is 1. The number of benzene rings is 1. The number of nitrogens with zero attached hydrogens (tertiary/aromatic N) is 3. The first-order chi connectivity index (χ1) is 15.0. The zero-order chi connectivity index (χ0) is 22.0. The fourth-order valence-electron chi connectivity index (χ4n) is 3.06. The molecule has 0 fully saturated rings. The molecule has 0 bridgehead atoms. The number of nitrogens with two attached hydrogens (primary N) is 1. The van der Waals surface area contributed by atoms with E-state index in [1.54, 1.807) is 6.92 Å². The molecule has 4 aromatic rings. The molecule has 0 saturated heterocycles. The maximum absolute atomic E-state index is 11.7. The predicted molar refractivity (Wildman–Crippen MR) is 117 cm³/mol. The summed E-state index contributed by atoms with van der Waals surface area (Å²) in [5.41, 5.74) is 8.82. The number of ether oxygens (including phenoxy) is 3. The summed E-state index contributed by atoms with van der Waals surface area (Å²) in [4.78, 5) is 19.0. The van der Waals surface area contributed by atoms with Crippen LogP contribution in [-0.4, -0.2) is 32.9 Å². The highest BCUT2D eigenvalue weighted by molar-refractivity contribution is 7.17. The highest BCUT2D eigenvalue weighted by Crippen LogP contribution is 2.37. The average molecular weight is 439 g/mol. The van der Waals surface area contributed by atoms with E-state index in [1.165, 1.54) is 17.5 Å². The number of pyridine rings is 1. The lowest BCUT2D eigenvalue weighted by molar-refractivity contribution is 0.105. The second kappa shape index (κ2) is 8.60. The molecule has 3 heterocycles. The van der Waals surface area contributed by atoms with Crippen LogP contribution in [0.5, 0.6) is 11.5 Å². The molecule has 4 rings (SSSR count). The summed E-state index contributed by atoms with van der Waals surface area (Å²) in [6, 6.07) is 5.85. The van der Waals surface area contributed by atoms with Crippen molar-refractivity contribution in [2.45, 2.75) is 27.4 Å². The van der Waals surface area contributed by atoms with E-state index in [-0.39, 0.29) is 13.2 Å². The van der Waals surface area contributed by atoms with Gasteiger partial charge in [-0.05, 0) is 37.8 Å². The van der Waals surface area contributed by atoms with Gasteiger partial charge in [0.15, 0.2) is 11.6 Å². The van der Waals surface area contributed by atoms with Crippen molar-refractivity contribution in [3.8, 4) is 22.9 Å². The molecule has 1 aromatic carbocycles. The van der Waals surface area contributed by atoms with Gasteiger partial charge in [-0.1, -0.05) is 12.1 Å². The number of hydrogen-bond donors (Lipinski definition) is 2. The number of thiophene rings is 1. The highest BCUT2D eigenvalue weighted by Gasteiger charge is 2.17. The first kappa shape index (κ1) is 20.6. The molecule has 0 saturated carbocycles. The number of nitrogens with one attached hydrogen (secondary N) is 1. The fourth-order valence-corrected chi connectivity index (χ4v) is 4.07. The Morgan fingerprint density at radius 3 is 2.81 bits per heavy atom. The molecule has 0 aliphatic heterocycles. The van der Waals surface area contributed by atoms with Crippen molar-refractivity contribution < 1.29 is 19.0 Å². The van der Waals surface area contributed by atoms with Crippen LogP contribution < -0.4 is 15.2 Å². The van der Waals surface area contributed by atoms with E-state index in [4.69, 9.17) is 19.9 Å². The van der Waals surface area contributed by atoms with Crippen LogP contribution in [-0.2, 0) is 11.3 Å². The summed E-state index contributed by atoms with van der Waals surface area (Å²) < 4.78 is 16.9. The van der Waals surface area contributed by atoms with E-state index in [9.17, 15) is 4.79 Å². The summed E-state index contributed by atoms with van der Waals surface area (Å²) in [6.07, 6.45) is 0.639. The lowest BCUT2D eigenvalue weighted by Crippen LogP contribution is -2.10. The van der Waals surface area contributed by atoms with Gasteiger partial charge < -0.3 is 24.9 Å². The minimum atomic E-state index is -0.781. The molecule has 3 aromatic heterocycles. The molecule has 0 atom stereocenters. The fraction of sp³-hybridized carbons (Fsp3) is 0.238. The monoisotopic (exact) mass is 439 g/mol. The van der Waals surface area contributed by atoms with E-state index < -0.39 is 6.16 Å². The van der Waals surface area contributed by atoms with Crippen molar-refractivity contribution in [1.29, 1.82) is 0 Å². The first-order valence-electron chi connectivity index (χ1n) is 9.58. The molecule has 0 spiro atoms. The minimum Gasteiger partial charge on any atom is -0.489 e. The second-order valence-corrected chi connectivity index (χ2v) is 7.67. The third kappa shape index (κ3) is 4.29. The van der Waals surface area contributed by atoms with E-state index in [0.29, 0.717) is 27.5 Å². The Bertz CT molecular complexity index is 1250. The summed E-state index contributed by atoms with van der Waals surface area (Å²) in [6.45, 7) is 6.02. The molecule has 9 nitrogen and oxygen atoms in total. The molecule has 10 heteroatoms. The summed E-state index contributed by atoms with van der Waals surface area (Å²) in [5, 5.41) is 10.8. The Kier molecular flexibility index (Phi) is 5.72. The molecule has 160 valence electrons. The van der Waals surface area contributed by atoms with Crippen molar-refractivity contribution in [3.63, 3.8) is 0 Å². The Morgan fingerprint density at radius 2 is 2.06 bits per heavy atom. The number of carbonyl (C=O) groups excluding carboxylic acids is 1. The van der Waals surface area contributed by atoms with Crippen LogP contribution in [0, 0.1) is 13.8 Å². The summed E-state index contributed by atoms with van der Waals surface area (Å²) in [5.74, 6) is 2.78. The zero-order valence-electron chi connectivity index (χ0n) is 17.3. The number of aromatic nitrogens is 4. The number of nitrogen functional groups attached to an aromatic ring is 1. The van der Waals surface area contributed by atoms with Gasteiger partial charge in [-0.25, -0.2) is 9.78 Å². The van der Waals surface area contributed by atoms with Crippen molar-refractivity contribution in [2.24, 2.45) is 0 Å². The predicted octanol–water partition coefficient (Wildman–Crippen LogP) is 4.39. The number of aromatic amines is 1. The molecule has 0 amide bonds. The van der Waals surface area contributed by atoms with Crippen molar-refractivity contribution in [3.05, 3.63) is 46.7 Å². The normalized spacial score (nSPS) is 10.9. The van der Waals surface area contributed by atoms with Crippen LogP contribution in [0.4, 0.5) is 10.6 Å². The van der Waals surface area contributed by atoms with Gasteiger partial charge in [0.25, 0.3) is 0 Å². The number of aryl methyl sites for hydroxylation is 2. The van der Waals surface area contributed by atoms with E-state index in [2.05, 4.69) is 20.2 Å². The molecule has 3 N–H and O–H groups in total. The first-order valence-corrected chi connectivity index (χ1v) is 10.5. The van der Waals surface area contributed by atoms with Gasteiger partial charge in [-0.15, -0.1) is 21.5 Å². The molecule has 0 aliphatic carbocycles. The van der Waals surface area contributed by atoms with Crippen LogP contribution in [0.1, 0.15) is 23.9 Å². The maximum atomic E-state index is 11.7. The zero-order valence-corrected chi connectivity index (χ0v) is 18.1. The van der Waals surface area contributed by atoms with Gasteiger partial charge in [-0.2, -0.15) is 0 Å². The number of rotatable bonds is 6. The number of anilines is 1. The highest BCUT2D eigenvalue weighted by atomic mass is 32.1. The Labute approximate surface area is 182 Å². The lowest BCUT2D eigenvalue weighted by Gasteiger charge is -2.11. The van der Waals surface area contributed by atoms with Crippen LogP contribution in [0.25, 0.3) is 21.5 Å². The topological polar surface area (TPSA) is 125 Å². The maximum Gasteiger partial charge on any atom is 0.513 e. The van der Waals surface area contributed by atoms with Crippen molar-refractivity contribution in [2.75, 3.05) is 12.3 Å². The third-order valence-electron chi connectivity index (χ3n) is 4.57. The van der Waals surface area contributed by atoms with Gasteiger partial charge in [0.05, 0.1) is 17.5 Å². The second-order valence-electron chi connectivity index (χ2n) is 6.79. The smallest absolute Gasteiger partial charge is 0.489 e. The number of hydrogen-bond acceptors (Lipinski definition) is 9. The van der Waals surface area contributed by atoms with Crippen molar-refractivity contribution in [1.82, 2.24) is 20.2 Å². The van der Waals surface area contributed by atoms with E-state index >= 15 is 0 Å². The SMILES string of the molecule is CCOC(=O)Oc1cnc(N)c2c(COc3cc(-c4nnc(C)[nH]4)ccc3C)csc12. The van der Waals surface area contributed by atoms with E-state index in [1.807, 2.05) is 37.4 Å². The quantitative estimate of drug-likeness (QED) is 0.424. The molecule has 0 radical (unpaired) electrons. The Morgan fingerprint density at radius 1 is 1.23 bits per heavy atom. The molecule has 31 heavy (non-hydrogen) atoms. The molecular weight excluding hydrogens is 418 g/mol.